The molecule has 8 N–H and O–H groups in total. The van der Waals surface area contributed by atoms with Gasteiger partial charge in [0.1, 0.15) is 36.6 Å². The summed E-state index contributed by atoms with van der Waals surface area (Å²) >= 11 is 0. The fourth-order valence-electron chi connectivity index (χ4n) is 12.0. The molecule has 0 aliphatic carbocycles. The van der Waals surface area contributed by atoms with Crippen LogP contribution in [0.5, 0.6) is 0 Å². The Hall–Kier alpha value is -1.67. The Labute approximate surface area is 524 Å². The summed E-state index contributed by atoms with van der Waals surface area (Å²) in [5, 5.41) is 76.5. The second-order valence-electron chi connectivity index (χ2n) is 26.0. The van der Waals surface area contributed by atoms with Crippen LogP contribution in [0.1, 0.15) is 361 Å². The number of unbranched alkanes of at least 4 members (excludes halogenated alkanes) is 47. The van der Waals surface area contributed by atoms with Crippen LogP contribution in [0.15, 0.2) is 36.5 Å². The SMILES string of the molecule is CCCCCCCCCCCCC/C=C\C/C=C\CCCCCCCCCCCCCCCCCCC(O)C(=O)NC(COC1OC(CO)C(O)C(O)C1O)C(O)C(O)CCC/C=C/CCCCCCCCCCCCCCCCCCCCC. The van der Waals surface area contributed by atoms with Crippen molar-refractivity contribution in [3.05, 3.63) is 36.5 Å². The van der Waals surface area contributed by atoms with E-state index in [-0.39, 0.29) is 12.8 Å². The number of amides is 1. The van der Waals surface area contributed by atoms with Crippen LogP contribution in [0, 0.1) is 0 Å². The number of allylic oxidation sites excluding steroid dienone is 6. The van der Waals surface area contributed by atoms with Crippen LogP contribution >= 0.6 is 0 Å². The molecule has 1 aliphatic rings. The van der Waals surface area contributed by atoms with Crippen molar-refractivity contribution in [3.8, 4) is 0 Å². The van der Waals surface area contributed by atoms with Crippen molar-refractivity contribution in [2.75, 3.05) is 13.2 Å². The second kappa shape index (κ2) is 62.5. The van der Waals surface area contributed by atoms with Gasteiger partial charge in [0.25, 0.3) is 0 Å². The molecule has 0 spiro atoms. The number of rotatable bonds is 65. The normalized spacial score (nSPS) is 19.0. The Bertz CT molecular complexity index is 1480. The Morgan fingerprint density at radius 2 is 0.729 bits per heavy atom. The number of aliphatic hydroxyl groups excluding tert-OH is 7. The fraction of sp³-hybridized carbons (Fsp3) is 0.905. The molecule has 502 valence electrons. The highest BCUT2D eigenvalue weighted by Gasteiger charge is 2.44. The number of ether oxygens (including phenoxy) is 2. The van der Waals surface area contributed by atoms with Crippen LogP contribution in [0.2, 0.25) is 0 Å². The average Bonchev–Trinajstić information content (AvgIpc) is 3.67. The first kappa shape index (κ1) is 81.3. The Balaban J connectivity index is 2.18. The third-order valence-electron chi connectivity index (χ3n) is 17.9. The zero-order valence-corrected chi connectivity index (χ0v) is 55.6. The standard InChI is InChI=1S/C74H141NO10/c1-3-5-7-9-11-13-15-17-19-21-23-25-27-29-30-31-32-33-34-35-36-37-38-40-42-44-46-48-50-52-54-56-58-60-62-67(78)73(83)75-65(64-84-74-72(82)71(81)70(80)68(63-76)85-74)69(79)66(77)61-59-57-55-53-51-49-47-45-43-41-39-28-26-24-22-20-18-16-14-12-10-8-6-4-2/h27,29,31-32,53,55,65-72,74,76-82H,3-26,28,30,33-52,54,56-64H2,1-2H3,(H,75,83)/b29-27-,32-31-,55-53+. The number of aliphatic hydroxyl groups is 7. The highest BCUT2D eigenvalue weighted by molar-refractivity contribution is 5.80. The molecule has 85 heavy (non-hydrogen) atoms. The predicted octanol–water partition coefficient (Wildman–Crippen LogP) is 18.1. The van der Waals surface area contributed by atoms with Crippen LogP contribution in [0.25, 0.3) is 0 Å². The zero-order chi connectivity index (χ0) is 61.7. The molecule has 9 atom stereocenters. The topological polar surface area (TPSA) is 189 Å². The van der Waals surface area contributed by atoms with Gasteiger partial charge in [0.15, 0.2) is 6.29 Å². The molecule has 1 saturated heterocycles. The van der Waals surface area contributed by atoms with Gasteiger partial charge in [-0.25, -0.2) is 0 Å². The van der Waals surface area contributed by atoms with Crippen molar-refractivity contribution in [1.82, 2.24) is 5.32 Å². The first-order valence-electron chi connectivity index (χ1n) is 36.9. The molecule has 0 saturated carbocycles. The summed E-state index contributed by atoms with van der Waals surface area (Å²) in [6, 6.07) is -1.19. The largest absolute Gasteiger partial charge is 0.394 e. The molecule has 11 heteroatoms. The second-order valence-corrected chi connectivity index (χ2v) is 26.0. The lowest BCUT2D eigenvalue weighted by Crippen LogP contribution is -2.60. The van der Waals surface area contributed by atoms with Crippen molar-refractivity contribution in [1.29, 1.82) is 0 Å². The molecule has 1 aliphatic heterocycles. The lowest BCUT2D eigenvalue weighted by molar-refractivity contribution is -0.303. The van der Waals surface area contributed by atoms with Crippen LogP contribution in [-0.2, 0) is 14.3 Å². The maximum atomic E-state index is 13.3. The van der Waals surface area contributed by atoms with E-state index in [2.05, 4.69) is 55.6 Å². The highest BCUT2D eigenvalue weighted by atomic mass is 16.7. The molecule has 9 unspecified atom stereocenters. The number of nitrogens with one attached hydrogen (secondary N) is 1. The minimum Gasteiger partial charge on any atom is -0.394 e. The third-order valence-corrected chi connectivity index (χ3v) is 17.9. The first-order valence-corrected chi connectivity index (χ1v) is 36.9. The van der Waals surface area contributed by atoms with E-state index in [1.54, 1.807) is 0 Å². The quantitative estimate of drug-likeness (QED) is 0.0215. The van der Waals surface area contributed by atoms with Gasteiger partial charge in [0.2, 0.25) is 5.91 Å². The minimum absolute atomic E-state index is 0.256. The zero-order valence-electron chi connectivity index (χ0n) is 55.6. The minimum atomic E-state index is -1.67. The molecule has 1 rings (SSSR count). The van der Waals surface area contributed by atoms with E-state index in [1.807, 2.05) is 0 Å². The summed E-state index contributed by atoms with van der Waals surface area (Å²) in [7, 11) is 0. The summed E-state index contributed by atoms with van der Waals surface area (Å²) in [6.07, 6.45) is 69.6. The van der Waals surface area contributed by atoms with E-state index in [9.17, 15) is 40.5 Å². The number of hydrogen-bond donors (Lipinski definition) is 8. The Kier molecular flexibility index (Phi) is 59.8. The summed E-state index contributed by atoms with van der Waals surface area (Å²) in [4.78, 5) is 13.3. The van der Waals surface area contributed by atoms with E-state index in [0.29, 0.717) is 12.8 Å². The van der Waals surface area contributed by atoms with Crippen LogP contribution in [0.3, 0.4) is 0 Å². The summed E-state index contributed by atoms with van der Waals surface area (Å²) in [5.41, 5.74) is 0. The van der Waals surface area contributed by atoms with E-state index in [1.165, 1.54) is 276 Å². The van der Waals surface area contributed by atoms with Crippen LogP contribution in [0.4, 0.5) is 0 Å². The van der Waals surface area contributed by atoms with E-state index in [0.717, 1.165) is 44.9 Å². The smallest absolute Gasteiger partial charge is 0.249 e. The van der Waals surface area contributed by atoms with Gasteiger partial charge in [-0.15, -0.1) is 0 Å². The van der Waals surface area contributed by atoms with Crippen molar-refractivity contribution in [3.63, 3.8) is 0 Å². The fourth-order valence-corrected chi connectivity index (χ4v) is 12.0. The lowest BCUT2D eigenvalue weighted by atomic mass is 9.98. The molecule has 11 nitrogen and oxygen atoms in total. The van der Waals surface area contributed by atoms with Gasteiger partial charge in [-0.1, -0.05) is 326 Å². The maximum absolute atomic E-state index is 13.3. The third kappa shape index (κ3) is 49.8. The molecule has 0 aromatic carbocycles. The Morgan fingerprint density at radius 3 is 1.08 bits per heavy atom. The van der Waals surface area contributed by atoms with E-state index < -0.39 is 74.2 Å². The molecular formula is C74H141NO10. The molecule has 1 fully saturated rings. The molecule has 1 amide bonds. The lowest BCUT2D eigenvalue weighted by Gasteiger charge is -2.40. The molecule has 0 bridgehead atoms. The van der Waals surface area contributed by atoms with Gasteiger partial charge in [0, 0.05) is 0 Å². The summed E-state index contributed by atoms with van der Waals surface area (Å²) in [5.74, 6) is -0.701. The maximum Gasteiger partial charge on any atom is 0.249 e. The van der Waals surface area contributed by atoms with Gasteiger partial charge in [-0.3, -0.25) is 4.79 Å². The molecule has 0 radical (unpaired) electrons. The average molecular weight is 1200 g/mol. The monoisotopic (exact) mass is 1200 g/mol. The van der Waals surface area contributed by atoms with Crippen molar-refractivity contribution in [2.24, 2.45) is 0 Å². The van der Waals surface area contributed by atoms with E-state index in [4.69, 9.17) is 9.47 Å². The number of carbonyl (C=O) groups is 1. The molecule has 0 aromatic rings. The van der Waals surface area contributed by atoms with Gasteiger partial charge >= 0.3 is 0 Å². The van der Waals surface area contributed by atoms with Gasteiger partial charge in [0.05, 0.1) is 25.4 Å². The first-order chi connectivity index (χ1) is 41.7. The van der Waals surface area contributed by atoms with Crippen molar-refractivity contribution < 1.29 is 50.0 Å². The van der Waals surface area contributed by atoms with Crippen molar-refractivity contribution >= 4 is 5.91 Å². The number of carbonyl (C=O) groups excluding carboxylic acids is 1. The van der Waals surface area contributed by atoms with Crippen molar-refractivity contribution in [2.45, 2.75) is 416 Å². The summed E-state index contributed by atoms with van der Waals surface area (Å²) < 4.78 is 11.2. The highest BCUT2D eigenvalue weighted by Crippen LogP contribution is 2.24. The molecular weight excluding hydrogens is 1060 g/mol. The molecule has 1 heterocycles. The van der Waals surface area contributed by atoms with E-state index >= 15 is 0 Å². The summed E-state index contributed by atoms with van der Waals surface area (Å²) in [6.45, 7) is 3.50. The van der Waals surface area contributed by atoms with Gasteiger partial charge in [-0.2, -0.15) is 0 Å². The van der Waals surface area contributed by atoms with Crippen LogP contribution in [-0.4, -0.2) is 110 Å². The molecule has 0 aromatic heterocycles. The number of hydrogen-bond acceptors (Lipinski definition) is 10. The Morgan fingerprint density at radius 1 is 0.412 bits per heavy atom. The van der Waals surface area contributed by atoms with Crippen LogP contribution < -0.4 is 5.32 Å². The predicted molar refractivity (Wildman–Crippen MR) is 358 cm³/mol. The van der Waals surface area contributed by atoms with Gasteiger partial charge < -0.3 is 50.5 Å². The van der Waals surface area contributed by atoms with Gasteiger partial charge in [-0.05, 0) is 70.6 Å².